The van der Waals surface area contributed by atoms with Crippen molar-refractivity contribution < 1.29 is 9.90 Å². The van der Waals surface area contributed by atoms with Crippen molar-refractivity contribution in [3.63, 3.8) is 0 Å². The highest BCUT2D eigenvalue weighted by atomic mass is 35.5. The molecule has 2 heterocycles. The lowest BCUT2D eigenvalue weighted by Crippen LogP contribution is -2.07. The van der Waals surface area contributed by atoms with Crippen LogP contribution in [0.25, 0.3) is 6.08 Å². The molecule has 0 saturated heterocycles. The van der Waals surface area contributed by atoms with E-state index in [4.69, 9.17) is 11.6 Å². The summed E-state index contributed by atoms with van der Waals surface area (Å²) >= 11 is 9.71. The number of aliphatic carboxylic acids is 1. The molecule has 2 aromatic heterocycles. The number of thioether (sulfide) groups is 1. The monoisotopic (exact) mass is 488 g/mol. The van der Waals surface area contributed by atoms with Gasteiger partial charge in [-0.25, -0.2) is 9.78 Å². The lowest BCUT2D eigenvalue weighted by atomic mass is 10.1. The minimum absolute atomic E-state index is 0.351. The summed E-state index contributed by atoms with van der Waals surface area (Å²) in [5, 5.41) is 13.3. The number of benzene rings is 1. The fourth-order valence-corrected chi connectivity index (χ4v) is 5.30. The van der Waals surface area contributed by atoms with Crippen LogP contribution in [0.3, 0.4) is 0 Å². The SMILES string of the molecule is CCCCCCCSc1ncc(/C=C(\Cc2cccs2)C(=O)O)n1Cc1ccccc1Cl. The molecule has 7 heteroatoms. The van der Waals surface area contributed by atoms with E-state index in [9.17, 15) is 9.90 Å². The topological polar surface area (TPSA) is 55.1 Å². The molecule has 3 aromatic rings. The highest BCUT2D eigenvalue weighted by Gasteiger charge is 2.15. The van der Waals surface area contributed by atoms with E-state index >= 15 is 0 Å². The molecule has 0 spiro atoms. The maximum absolute atomic E-state index is 11.9. The van der Waals surface area contributed by atoms with Crippen LogP contribution < -0.4 is 0 Å². The second kappa shape index (κ2) is 12.9. The number of nitrogens with zero attached hydrogens (tertiary/aromatic N) is 2. The van der Waals surface area contributed by atoms with Crippen LogP contribution in [0.1, 0.15) is 55.2 Å². The predicted molar refractivity (Wildman–Crippen MR) is 136 cm³/mol. The van der Waals surface area contributed by atoms with E-state index in [1.54, 1.807) is 35.4 Å². The summed E-state index contributed by atoms with van der Waals surface area (Å²) in [6.07, 6.45) is 10.1. The normalized spacial score (nSPS) is 11.8. The molecule has 0 aliphatic heterocycles. The number of imidazole rings is 1. The first-order valence-corrected chi connectivity index (χ1v) is 13.2. The van der Waals surface area contributed by atoms with Crippen LogP contribution in [-0.2, 0) is 17.8 Å². The zero-order valence-corrected chi connectivity index (χ0v) is 20.7. The van der Waals surface area contributed by atoms with Crippen molar-refractivity contribution in [1.82, 2.24) is 9.55 Å². The Morgan fingerprint density at radius 1 is 1.19 bits per heavy atom. The Hall–Kier alpha value is -2.02. The third-order valence-electron chi connectivity index (χ3n) is 5.16. The number of carboxylic acids is 1. The smallest absolute Gasteiger partial charge is 0.332 e. The van der Waals surface area contributed by atoms with Crippen molar-refractivity contribution in [2.45, 2.75) is 57.1 Å². The van der Waals surface area contributed by atoms with Gasteiger partial charge in [0.25, 0.3) is 0 Å². The van der Waals surface area contributed by atoms with Crippen LogP contribution >= 0.6 is 34.7 Å². The van der Waals surface area contributed by atoms with E-state index in [-0.39, 0.29) is 0 Å². The Kier molecular flexibility index (Phi) is 9.90. The van der Waals surface area contributed by atoms with E-state index < -0.39 is 5.97 Å². The molecule has 170 valence electrons. The van der Waals surface area contributed by atoms with Gasteiger partial charge in [0, 0.05) is 27.6 Å². The molecule has 0 radical (unpaired) electrons. The van der Waals surface area contributed by atoms with E-state index in [0.717, 1.165) is 33.5 Å². The Morgan fingerprint density at radius 3 is 2.72 bits per heavy atom. The molecule has 0 saturated carbocycles. The molecule has 0 aliphatic carbocycles. The van der Waals surface area contributed by atoms with Gasteiger partial charge in [-0.2, -0.15) is 0 Å². The summed E-state index contributed by atoms with van der Waals surface area (Å²) in [4.78, 5) is 17.6. The zero-order chi connectivity index (χ0) is 22.8. The molecule has 0 aliphatic rings. The molecule has 0 amide bonds. The predicted octanol–water partition coefficient (Wildman–Crippen LogP) is 7.42. The maximum Gasteiger partial charge on any atom is 0.332 e. The highest BCUT2D eigenvalue weighted by Crippen LogP contribution is 2.26. The quantitative estimate of drug-likeness (QED) is 0.154. The van der Waals surface area contributed by atoms with Crippen molar-refractivity contribution in [3.8, 4) is 0 Å². The van der Waals surface area contributed by atoms with Gasteiger partial charge in [-0.15, -0.1) is 11.3 Å². The molecule has 1 N–H and O–H groups in total. The van der Waals surface area contributed by atoms with Crippen LogP contribution in [0.4, 0.5) is 0 Å². The van der Waals surface area contributed by atoms with E-state index in [2.05, 4.69) is 16.5 Å². The second-order valence-corrected chi connectivity index (χ2v) is 10.1. The van der Waals surface area contributed by atoms with E-state index in [0.29, 0.717) is 23.6 Å². The van der Waals surface area contributed by atoms with Gasteiger partial charge in [0.05, 0.1) is 18.4 Å². The van der Waals surface area contributed by atoms with Gasteiger partial charge in [0.2, 0.25) is 0 Å². The lowest BCUT2D eigenvalue weighted by molar-refractivity contribution is -0.132. The summed E-state index contributed by atoms with van der Waals surface area (Å²) in [5.74, 6) is 0.0851. The molecule has 1 aromatic carbocycles. The molecule has 0 unspecified atom stereocenters. The second-order valence-electron chi connectivity index (χ2n) is 7.64. The molecule has 0 fully saturated rings. The van der Waals surface area contributed by atoms with Crippen molar-refractivity contribution in [2.75, 3.05) is 5.75 Å². The Morgan fingerprint density at radius 2 is 2.00 bits per heavy atom. The average molecular weight is 489 g/mol. The third-order valence-corrected chi connectivity index (χ3v) is 7.48. The molecular formula is C25H29ClN2O2S2. The van der Waals surface area contributed by atoms with Gasteiger partial charge in [0.15, 0.2) is 5.16 Å². The van der Waals surface area contributed by atoms with Crippen LogP contribution in [0.15, 0.2) is 58.7 Å². The summed E-state index contributed by atoms with van der Waals surface area (Å²) in [5.41, 5.74) is 2.12. The van der Waals surface area contributed by atoms with Gasteiger partial charge in [0.1, 0.15) is 0 Å². The van der Waals surface area contributed by atoms with Crippen molar-refractivity contribution in [1.29, 1.82) is 0 Å². The molecular weight excluding hydrogens is 460 g/mol. The fourth-order valence-electron chi connectivity index (χ4n) is 3.39. The molecule has 0 bridgehead atoms. The summed E-state index contributed by atoms with van der Waals surface area (Å²) in [7, 11) is 0. The van der Waals surface area contributed by atoms with Gasteiger partial charge in [-0.05, 0) is 35.6 Å². The number of rotatable bonds is 13. The minimum atomic E-state index is -0.908. The number of aromatic nitrogens is 2. The summed E-state index contributed by atoms with van der Waals surface area (Å²) in [6.45, 7) is 2.77. The third kappa shape index (κ3) is 7.26. The van der Waals surface area contributed by atoms with Gasteiger partial charge in [-0.1, -0.05) is 80.2 Å². The minimum Gasteiger partial charge on any atom is -0.478 e. The number of carboxylic acid groups (broad SMARTS) is 1. The molecule has 0 atom stereocenters. The number of hydrogen-bond acceptors (Lipinski definition) is 4. The summed E-state index contributed by atoms with van der Waals surface area (Å²) in [6, 6.07) is 11.7. The van der Waals surface area contributed by atoms with Gasteiger partial charge in [-0.3, -0.25) is 0 Å². The number of halogens is 1. The van der Waals surface area contributed by atoms with Gasteiger partial charge >= 0.3 is 5.97 Å². The highest BCUT2D eigenvalue weighted by molar-refractivity contribution is 7.99. The number of hydrogen-bond donors (Lipinski definition) is 1. The van der Waals surface area contributed by atoms with E-state index in [1.807, 2.05) is 41.8 Å². The number of thiophene rings is 1. The largest absolute Gasteiger partial charge is 0.478 e. The Balaban J connectivity index is 1.84. The van der Waals surface area contributed by atoms with E-state index in [1.165, 1.54) is 25.7 Å². The molecule has 32 heavy (non-hydrogen) atoms. The summed E-state index contributed by atoms with van der Waals surface area (Å²) < 4.78 is 2.08. The Labute approximate surface area is 203 Å². The lowest BCUT2D eigenvalue weighted by Gasteiger charge is -2.12. The zero-order valence-electron chi connectivity index (χ0n) is 18.3. The molecule has 4 nitrogen and oxygen atoms in total. The van der Waals surface area contributed by atoms with Gasteiger partial charge < -0.3 is 9.67 Å². The first-order chi connectivity index (χ1) is 15.6. The number of unbranched alkanes of at least 4 members (excludes halogenated alkanes) is 4. The maximum atomic E-state index is 11.9. The standard InChI is InChI=1S/C25H29ClN2O2S2/c1-2-3-4-5-8-13-32-25-27-17-21(28(25)18-19-10-6-7-12-23(19)26)15-20(24(29)30)16-22-11-9-14-31-22/h6-7,9-12,14-15,17H,2-5,8,13,16,18H2,1H3,(H,29,30)/b20-15+. The average Bonchev–Trinajstić information content (AvgIpc) is 3.42. The van der Waals surface area contributed by atoms with Crippen molar-refractivity contribution in [2.24, 2.45) is 0 Å². The first-order valence-electron chi connectivity index (χ1n) is 11.0. The van der Waals surface area contributed by atoms with Crippen molar-refractivity contribution in [3.05, 3.63) is 74.7 Å². The van der Waals surface area contributed by atoms with Crippen molar-refractivity contribution >= 4 is 46.7 Å². The van der Waals surface area contributed by atoms with Crippen LogP contribution in [-0.4, -0.2) is 26.4 Å². The Bertz CT molecular complexity index is 1030. The first kappa shape index (κ1) is 24.6. The van der Waals surface area contributed by atoms with Crippen LogP contribution in [0.5, 0.6) is 0 Å². The van der Waals surface area contributed by atoms with Crippen LogP contribution in [0, 0.1) is 0 Å². The fraction of sp³-hybridized carbons (Fsp3) is 0.360. The van der Waals surface area contributed by atoms with Crippen LogP contribution in [0.2, 0.25) is 5.02 Å². The number of carbonyl (C=O) groups is 1. The molecule has 3 rings (SSSR count).